The molecule has 1 fully saturated rings. The van der Waals surface area contributed by atoms with Crippen molar-refractivity contribution in [3.05, 3.63) is 18.3 Å². The van der Waals surface area contributed by atoms with Crippen LogP contribution in [0.25, 0.3) is 0 Å². The van der Waals surface area contributed by atoms with Crippen LogP contribution in [0.4, 0.5) is 0 Å². The van der Waals surface area contributed by atoms with Gasteiger partial charge in [-0.25, -0.2) is 0 Å². The summed E-state index contributed by atoms with van der Waals surface area (Å²) in [5.74, 6) is 1.40. The zero-order chi connectivity index (χ0) is 9.80. The average Bonchev–Trinajstić information content (AvgIpc) is 2.16. The average molecular weight is 193 g/mol. The predicted molar refractivity (Wildman–Crippen MR) is 53.1 cm³/mol. The van der Waals surface area contributed by atoms with Crippen LogP contribution in [0, 0.1) is 5.92 Å². The number of rotatable bonds is 4. The van der Waals surface area contributed by atoms with E-state index in [-0.39, 0.29) is 0 Å². The van der Waals surface area contributed by atoms with Gasteiger partial charge in [0.05, 0.1) is 0 Å². The quantitative estimate of drug-likeness (QED) is 0.770. The van der Waals surface area contributed by atoms with Gasteiger partial charge in [0.15, 0.2) is 0 Å². The summed E-state index contributed by atoms with van der Waals surface area (Å²) in [6, 6.07) is 3.68. The van der Waals surface area contributed by atoms with Crippen molar-refractivity contribution >= 4 is 0 Å². The van der Waals surface area contributed by atoms with Crippen molar-refractivity contribution in [3.63, 3.8) is 0 Å². The van der Waals surface area contributed by atoms with Crippen molar-refractivity contribution in [1.82, 2.24) is 15.5 Å². The Balaban J connectivity index is 1.74. The molecule has 2 rings (SSSR count). The number of hydrogen-bond acceptors (Lipinski definition) is 4. The van der Waals surface area contributed by atoms with Crippen LogP contribution in [-0.4, -0.2) is 29.9 Å². The Morgan fingerprint density at radius 1 is 1.57 bits per heavy atom. The largest absolute Gasteiger partial charge is 0.473 e. The molecule has 0 aliphatic heterocycles. The highest BCUT2D eigenvalue weighted by Gasteiger charge is 2.30. The fourth-order valence-corrected chi connectivity index (χ4v) is 1.75. The highest BCUT2D eigenvalue weighted by atomic mass is 16.5. The van der Waals surface area contributed by atoms with E-state index < -0.39 is 0 Å². The molecule has 0 spiro atoms. The van der Waals surface area contributed by atoms with E-state index in [0.29, 0.717) is 12.0 Å². The summed E-state index contributed by atoms with van der Waals surface area (Å²) in [5, 5.41) is 10.8. The van der Waals surface area contributed by atoms with Crippen LogP contribution in [0.5, 0.6) is 5.88 Å². The Kier molecular flexibility index (Phi) is 2.93. The van der Waals surface area contributed by atoms with Crippen LogP contribution in [0.1, 0.15) is 12.8 Å². The third kappa shape index (κ3) is 2.20. The molecule has 1 aromatic rings. The SMILES string of the molecule is CNCC1CC(Oc2cccnn2)C1. The summed E-state index contributed by atoms with van der Waals surface area (Å²) >= 11 is 0. The number of aromatic nitrogens is 2. The molecule has 1 N–H and O–H groups in total. The van der Waals surface area contributed by atoms with Crippen LogP contribution in [0.2, 0.25) is 0 Å². The van der Waals surface area contributed by atoms with Crippen molar-refractivity contribution in [2.24, 2.45) is 5.92 Å². The van der Waals surface area contributed by atoms with E-state index in [2.05, 4.69) is 15.5 Å². The van der Waals surface area contributed by atoms with Crippen LogP contribution in [0.3, 0.4) is 0 Å². The van der Waals surface area contributed by atoms with E-state index in [1.54, 1.807) is 6.20 Å². The van der Waals surface area contributed by atoms with Gasteiger partial charge in [0, 0.05) is 12.3 Å². The lowest BCUT2D eigenvalue weighted by Crippen LogP contribution is -2.38. The van der Waals surface area contributed by atoms with Crippen molar-refractivity contribution in [2.75, 3.05) is 13.6 Å². The van der Waals surface area contributed by atoms with Gasteiger partial charge in [0.25, 0.3) is 0 Å². The van der Waals surface area contributed by atoms with Gasteiger partial charge >= 0.3 is 0 Å². The highest BCUT2D eigenvalue weighted by molar-refractivity contribution is 5.06. The molecule has 0 bridgehead atoms. The molecule has 0 unspecified atom stereocenters. The normalized spacial score (nSPS) is 25.5. The molecule has 0 saturated heterocycles. The first-order chi connectivity index (χ1) is 6.88. The maximum absolute atomic E-state index is 5.63. The third-order valence-electron chi connectivity index (χ3n) is 2.52. The van der Waals surface area contributed by atoms with E-state index in [4.69, 9.17) is 4.74 Å². The Labute approximate surface area is 83.7 Å². The Bertz CT molecular complexity index is 272. The van der Waals surface area contributed by atoms with Crippen LogP contribution in [0.15, 0.2) is 18.3 Å². The Morgan fingerprint density at radius 3 is 3.07 bits per heavy atom. The summed E-state index contributed by atoms with van der Waals surface area (Å²) in [5.41, 5.74) is 0. The first-order valence-electron chi connectivity index (χ1n) is 4.97. The van der Waals surface area contributed by atoms with Crippen molar-refractivity contribution in [1.29, 1.82) is 0 Å². The van der Waals surface area contributed by atoms with Gasteiger partial charge in [-0.05, 0) is 38.4 Å². The molecule has 14 heavy (non-hydrogen) atoms. The third-order valence-corrected chi connectivity index (χ3v) is 2.52. The monoisotopic (exact) mass is 193 g/mol. The second-order valence-corrected chi connectivity index (χ2v) is 3.70. The van der Waals surface area contributed by atoms with Crippen LogP contribution in [-0.2, 0) is 0 Å². The van der Waals surface area contributed by atoms with Crippen molar-refractivity contribution in [3.8, 4) is 5.88 Å². The molecule has 0 aromatic carbocycles. The lowest BCUT2D eigenvalue weighted by Gasteiger charge is -2.34. The van der Waals surface area contributed by atoms with Gasteiger partial charge in [-0.15, -0.1) is 5.10 Å². The molecular formula is C10H15N3O. The molecule has 0 amide bonds. The topological polar surface area (TPSA) is 47.0 Å². The zero-order valence-electron chi connectivity index (χ0n) is 8.31. The minimum Gasteiger partial charge on any atom is -0.473 e. The van der Waals surface area contributed by atoms with Gasteiger partial charge in [-0.2, -0.15) is 5.10 Å². The maximum atomic E-state index is 5.63. The molecular weight excluding hydrogens is 178 g/mol. The predicted octanol–water partition coefficient (Wildman–Crippen LogP) is 0.853. The maximum Gasteiger partial charge on any atom is 0.233 e. The van der Waals surface area contributed by atoms with Crippen LogP contribution < -0.4 is 10.1 Å². The van der Waals surface area contributed by atoms with E-state index in [9.17, 15) is 0 Å². The standard InChI is InChI=1S/C10H15N3O/c1-11-7-8-5-9(6-8)14-10-3-2-4-12-13-10/h2-4,8-9,11H,5-7H2,1H3. The summed E-state index contributed by atoms with van der Waals surface area (Å²) in [6.45, 7) is 1.08. The fraction of sp³-hybridized carbons (Fsp3) is 0.600. The molecule has 76 valence electrons. The molecule has 0 radical (unpaired) electrons. The number of hydrogen-bond donors (Lipinski definition) is 1. The first-order valence-corrected chi connectivity index (χ1v) is 4.97. The van der Waals surface area contributed by atoms with Gasteiger partial charge in [0.1, 0.15) is 6.10 Å². The summed E-state index contributed by atoms with van der Waals surface area (Å²) in [7, 11) is 1.98. The van der Waals surface area contributed by atoms with E-state index >= 15 is 0 Å². The van der Waals surface area contributed by atoms with E-state index in [1.807, 2.05) is 19.2 Å². The van der Waals surface area contributed by atoms with E-state index in [0.717, 1.165) is 25.3 Å². The summed E-state index contributed by atoms with van der Waals surface area (Å²) in [4.78, 5) is 0. The molecule has 1 aliphatic rings. The number of ether oxygens (including phenoxy) is 1. The van der Waals surface area contributed by atoms with E-state index in [1.165, 1.54) is 0 Å². The van der Waals surface area contributed by atoms with Crippen molar-refractivity contribution in [2.45, 2.75) is 18.9 Å². The lowest BCUT2D eigenvalue weighted by atomic mass is 9.82. The summed E-state index contributed by atoms with van der Waals surface area (Å²) < 4.78 is 5.63. The minimum absolute atomic E-state index is 0.338. The lowest BCUT2D eigenvalue weighted by molar-refractivity contribution is 0.0608. The molecule has 1 aromatic heterocycles. The van der Waals surface area contributed by atoms with Gasteiger partial charge in [-0.1, -0.05) is 0 Å². The molecule has 4 heteroatoms. The fourth-order valence-electron chi connectivity index (χ4n) is 1.75. The second kappa shape index (κ2) is 4.37. The molecule has 0 atom stereocenters. The van der Waals surface area contributed by atoms with Gasteiger partial charge in [0.2, 0.25) is 5.88 Å². The number of nitrogens with one attached hydrogen (secondary N) is 1. The molecule has 1 saturated carbocycles. The Morgan fingerprint density at radius 2 is 2.43 bits per heavy atom. The Hall–Kier alpha value is -1.16. The summed E-state index contributed by atoms with van der Waals surface area (Å²) in [6.07, 6.45) is 4.23. The number of nitrogens with zero attached hydrogens (tertiary/aromatic N) is 2. The zero-order valence-corrected chi connectivity index (χ0v) is 8.31. The first kappa shape index (κ1) is 9.40. The van der Waals surface area contributed by atoms with Gasteiger partial charge < -0.3 is 10.1 Å². The highest BCUT2D eigenvalue weighted by Crippen LogP contribution is 2.29. The van der Waals surface area contributed by atoms with Gasteiger partial charge in [-0.3, -0.25) is 0 Å². The smallest absolute Gasteiger partial charge is 0.233 e. The molecule has 4 nitrogen and oxygen atoms in total. The molecule has 1 heterocycles. The molecule has 1 aliphatic carbocycles. The van der Waals surface area contributed by atoms with Crippen molar-refractivity contribution < 1.29 is 4.74 Å². The van der Waals surface area contributed by atoms with Crippen LogP contribution >= 0.6 is 0 Å². The minimum atomic E-state index is 0.338. The second-order valence-electron chi connectivity index (χ2n) is 3.70.